The highest BCUT2D eigenvalue weighted by molar-refractivity contribution is 7.13. The van der Waals surface area contributed by atoms with Crippen molar-refractivity contribution in [2.75, 3.05) is 39.0 Å². The number of hydrogen-bond acceptors (Lipinski definition) is 6. The summed E-state index contributed by atoms with van der Waals surface area (Å²) in [4.78, 5) is 24.7. The molecule has 1 saturated heterocycles. The molecule has 1 aliphatic rings. The van der Waals surface area contributed by atoms with E-state index in [9.17, 15) is 4.79 Å². The second kappa shape index (κ2) is 7.72. The fraction of sp³-hybridized carbons (Fsp3) is 0.471. The van der Waals surface area contributed by atoms with Gasteiger partial charge in [0.05, 0.1) is 12.2 Å². The lowest BCUT2D eigenvalue weighted by Crippen LogP contribution is -2.40. The van der Waals surface area contributed by atoms with Gasteiger partial charge in [-0.2, -0.15) is 0 Å². The van der Waals surface area contributed by atoms with Gasteiger partial charge in [-0.1, -0.05) is 6.07 Å². The molecule has 0 aliphatic carbocycles. The number of aromatic nitrogens is 2. The van der Waals surface area contributed by atoms with Gasteiger partial charge in [0.2, 0.25) is 5.91 Å². The number of rotatable bonds is 5. The molecular formula is C17H23N5OS. The molecule has 3 rings (SSSR count). The SMILES string of the molecule is CN(C)C(=O)CN1CCC(c2csc(Nc3ccccn3)n2)CC1. The maximum absolute atomic E-state index is 11.8. The number of amides is 1. The lowest BCUT2D eigenvalue weighted by molar-refractivity contribution is -0.130. The molecular weight excluding hydrogens is 322 g/mol. The number of piperidine rings is 1. The second-order valence-corrected chi connectivity index (χ2v) is 7.11. The summed E-state index contributed by atoms with van der Waals surface area (Å²) in [6.07, 6.45) is 3.86. The molecule has 24 heavy (non-hydrogen) atoms. The Labute approximate surface area is 146 Å². The molecule has 6 nitrogen and oxygen atoms in total. The normalized spacial score (nSPS) is 16.1. The first-order valence-electron chi connectivity index (χ1n) is 8.18. The highest BCUT2D eigenvalue weighted by Gasteiger charge is 2.24. The lowest BCUT2D eigenvalue weighted by atomic mass is 9.94. The smallest absolute Gasteiger partial charge is 0.236 e. The summed E-state index contributed by atoms with van der Waals surface area (Å²) in [5.41, 5.74) is 1.15. The Kier molecular flexibility index (Phi) is 5.42. The molecule has 0 atom stereocenters. The minimum absolute atomic E-state index is 0.170. The molecule has 1 aliphatic heterocycles. The quantitative estimate of drug-likeness (QED) is 0.902. The van der Waals surface area contributed by atoms with Crippen molar-refractivity contribution in [2.24, 2.45) is 0 Å². The number of anilines is 2. The monoisotopic (exact) mass is 345 g/mol. The average Bonchev–Trinajstić information content (AvgIpc) is 3.05. The van der Waals surface area contributed by atoms with Crippen molar-refractivity contribution in [3.63, 3.8) is 0 Å². The van der Waals surface area contributed by atoms with E-state index in [4.69, 9.17) is 4.98 Å². The van der Waals surface area contributed by atoms with E-state index < -0.39 is 0 Å². The van der Waals surface area contributed by atoms with Crippen LogP contribution in [0.5, 0.6) is 0 Å². The van der Waals surface area contributed by atoms with E-state index in [1.165, 1.54) is 0 Å². The van der Waals surface area contributed by atoms with E-state index in [-0.39, 0.29) is 5.91 Å². The Hall–Kier alpha value is -1.99. The van der Waals surface area contributed by atoms with E-state index in [1.807, 2.05) is 18.2 Å². The summed E-state index contributed by atoms with van der Waals surface area (Å²) in [5, 5.41) is 6.27. The topological polar surface area (TPSA) is 61.4 Å². The standard InChI is InChI=1S/C17H23N5OS/c1-21(2)16(23)11-22-9-6-13(7-10-22)14-12-24-17(19-14)20-15-5-3-4-8-18-15/h3-5,8,12-13H,6-7,9-11H2,1-2H3,(H,18,19,20). The van der Waals surface area contributed by atoms with Crippen molar-refractivity contribution in [3.8, 4) is 0 Å². The Morgan fingerprint density at radius 3 is 2.83 bits per heavy atom. The van der Waals surface area contributed by atoms with E-state index in [0.29, 0.717) is 12.5 Å². The lowest BCUT2D eigenvalue weighted by Gasteiger charge is -2.31. The number of nitrogens with zero attached hydrogens (tertiary/aromatic N) is 4. The van der Waals surface area contributed by atoms with Crippen molar-refractivity contribution < 1.29 is 4.79 Å². The number of likely N-dealkylation sites (N-methyl/N-ethyl adjacent to an activating group) is 1. The third-order valence-electron chi connectivity index (χ3n) is 4.29. The molecule has 1 fully saturated rings. The summed E-state index contributed by atoms with van der Waals surface area (Å²) >= 11 is 1.62. The molecule has 3 heterocycles. The molecule has 128 valence electrons. The number of likely N-dealkylation sites (tertiary alicyclic amines) is 1. The average molecular weight is 345 g/mol. The van der Waals surface area contributed by atoms with Gasteiger partial charge in [-0.05, 0) is 38.1 Å². The molecule has 0 spiro atoms. The van der Waals surface area contributed by atoms with Crippen LogP contribution in [0.4, 0.5) is 10.9 Å². The zero-order valence-electron chi connectivity index (χ0n) is 14.1. The third kappa shape index (κ3) is 4.30. The van der Waals surface area contributed by atoms with Gasteiger partial charge >= 0.3 is 0 Å². The van der Waals surface area contributed by atoms with Crippen molar-refractivity contribution in [1.82, 2.24) is 19.8 Å². The van der Waals surface area contributed by atoms with E-state index in [2.05, 4.69) is 20.6 Å². The van der Waals surface area contributed by atoms with Crippen LogP contribution in [-0.4, -0.2) is 59.4 Å². The van der Waals surface area contributed by atoms with Crippen LogP contribution in [0.25, 0.3) is 0 Å². The third-order valence-corrected chi connectivity index (χ3v) is 5.06. The van der Waals surface area contributed by atoms with E-state index in [1.54, 1.807) is 36.5 Å². The van der Waals surface area contributed by atoms with Crippen molar-refractivity contribution in [3.05, 3.63) is 35.5 Å². The molecule has 0 aromatic carbocycles. The van der Waals surface area contributed by atoms with Crippen LogP contribution in [0.2, 0.25) is 0 Å². The zero-order chi connectivity index (χ0) is 16.9. The van der Waals surface area contributed by atoms with Crippen LogP contribution >= 0.6 is 11.3 Å². The maximum atomic E-state index is 11.8. The van der Waals surface area contributed by atoms with Gasteiger partial charge < -0.3 is 10.2 Å². The number of carbonyl (C=O) groups excluding carboxylic acids is 1. The second-order valence-electron chi connectivity index (χ2n) is 6.26. The Balaban J connectivity index is 1.53. The number of hydrogen-bond donors (Lipinski definition) is 1. The van der Waals surface area contributed by atoms with Crippen molar-refractivity contribution in [2.45, 2.75) is 18.8 Å². The molecule has 2 aromatic rings. The first-order valence-corrected chi connectivity index (χ1v) is 9.06. The van der Waals surface area contributed by atoms with Crippen LogP contribution in [0.15, 0.2) is 29.8 Å². The molecule has 0 saturated carbocycles. The Bertz CT molecular complexity index is 665. The van der Waals surface area contributed by atoms with Crippen LogP contribution in [-0.2, 0) is 4.79 Å². The molecule has 2 aromatic heterocycles. The first kappa shape index (κ1) is 16.9. The van der Waals surface area contributed by atoms with Gasteiger partial charge in [0.25, 0.3) is 0 Å². The number of carbonyl (C=O) groups is 1. The van der Waals surface area contributed by atoms with Gasteiger partial charge in [-0.15, -0.1) is 11.3 Å². The predicted molar refractivity (Wildman–Crippen MR) is 96.7 cm³/mol. The molecule has 7 heteroatoms. The van der Waals surface area contributed by atoms with Crippen LogP contribution in [0.1, 0.15) is 24.5 Å². The fourth-order valence-electron chi connectivity index (χ4n) is 2.80. The molecule has 0 radical (unpaired) electrons. The predicted octanol–water partition coefficient (Wildman–Crippen LogP) is 2.55. The summed E-state index contributed by atoms with van der Waals surface area (Å²) in [6, 6.07) is 5.78. The Morgan fingerprint density at radius 2 is 2.17 bits per heavy atom. The maximum Gasteiger partial charge on any atom is 0.236 e. The summed E-state index contributed by atoms with van der Waals surface area (Å²) in [6.45, 7) is 2.42. The molecule has 0 unspecified atom stereocenters. The molecule has 1 N–H and O–H groups in total. The van der Waals surface area contributed by atoms with Crippen LogP contribution in [0.3, 0.4) is 0 Å². The van der Waals surface area contributed by atoms with E-state index in [0.717, 1.165) is 42.6 Å². The summed E-state index contributed by atoms with van der Waals surface area (Å²) < 4.78 is 0. The van der Waals surface area contributed by atoms with Gasteiger partial charge in [-0.25, -0.2) is 9.97 Å². The van der Waals surface area contributed by atoms with Gasteiger partial charge in [-0.3, -0.25) is 9.69 Å². The first-order chi connectivity index (χ1) is 11.6. The number of nitrogens with one attached hydrogen (secondary N) is 1. The van der Waals surface area contributed by atoms with Crippen LogP contribution < -0.4 is 5.32 Å². The highest BCUT2D eigenvalue weighted by atomic mass is 32.1. The minimum atomic E-state index is 0.170. The number of thiazole rings is 1. The van der Waals surface area contributed by atoms with Crippen molar-refractivity contribution in [1.29, 1.82) is 0 Å². The van der Waals surface area contributed by atoms with E-state index >= 15 is 0 Å². The molecule has 1 amide bonds. The van der Waals surface area contributed by atoms with Crippen molar-refractivity contribution >= 4 is 28.2 Å². The fourth-order valence-corrected chi connectivity index (χ4v) is 3.60. The Morgan fingerprint density at radius 1 is 1.38 bits per heavy atom. The minimum Gasteiger partial charge on any atom is -0.348 e. The summed E-state index contributed by atoms with van der Waals surface area (Å²) in [7, 11) is 3.61. The highest BCUT2D eigenvalue weighted by Crippen LogP contribution is 2.31. The summed E-state index contributed by atoms with van der Waals surface area (Å²) in [5.74, 6) is 1.46. The largest absolute Gasteiger partial charge is 0.348 e. The molecule has 0 bridgehead atoms. The zero-order valence-corrected chi connectivity index (χ0v) is 14.9. The van der Waals surface area contributed by atoms with Gasteiger partial charge in [0, 0.05) is 31.6 Å². The van der Waals surface area contributed by atoms with Gasteiger partial charge in [0.1, 0.15) is 5.82 Å². The van der Waals surface area contributed by atoms with Gasteiger partial charge in [0.15, 0.2) is 5.13 Å². The van der Waals surface area contributed by atoms with Crippen LogP contribution in [0, 0.1) is 0 Å². The number of pyridine rings is 1.